The van der Waals surface area contributed by atoms with Crippen LogP contribution in [-0.2, 0) is 21.1 Å². The fourth-order valence-electron chi connectivity index (χ4n) is 0.543. The third-order valence-corrected chi connectivity index (χ3v) is 0.987. The first-order valence-electron chi connectivity index (χ1n) is 2.52. The Balaban J connectivity index is 0.000001000. The van der Waals surface area contributed by atoms with Gasteiger partial charge >= 0.3 is 0 Å². The molecule has 0 spiro atoms. The maximum atomic E-state index is 12.4. The van der Waals surface area contributed by atoms with E-state index in [1.54, 1.807) is 0 Å². The van der Waals surface area contributed by atoms with E-state index in [4.69, 9.17) is 0 Å². The molecule has 0 bridgehead atoms. The zero-order valence-electron chi connectivity index (χ0n) is 5.28. The Morgan fingerprint density at radius 2 is 2.27 bits per heavy atom. The van der Waals surface area contributed by atoms with Crippen molar-refractivity contribution in [1.29, 1.82) is 0 Å². The van der Waals surface area contributed by atoms with Crippen molar-refractivity contribution in [2.75, 3.05) is 0 Å². The fourth-order valence-corrected chi connectivity index (χ4v) is 0.543. The summed E-state index contributed by atoms with van der Waals surface area (Å²) in [7, 11) is 0. The van der Waals surface area contributed by atoms with Crippen molar-refractivity contribution in [3.63, 3.8) is 0 Å². The van der Waals surface area contributed by atoms with Crippen LogP contribution in [0.5, 0.6) is 0 Å². The Morgan fingerprint density at radius 3 is 2.64 bits per heavy atom. The van der Waals surface area contributed by atoms with Gasteiger partial charge in [0.05, 0.1) is 5.82 Å². The summed E-state index contributed by atoms with van der Waals surface area (Å²) in [5.41, 5.74) is -0.539. The first-order chi connectivity index (χ1) is 4.72. The van der Waals surface area contributed by atoms with Crippen molar-refractivity contribution >= 4 is 5.69 Å². The monoisotopic (exact) mass is 324 g/mol. The summed E-state index contributed by atoms with van der Waals surface area (Å²) in [6.45, 7) is 0. The van der Waals surface area contributed by atoms with Gasteiger partial charge in [-0.3, -0.25) is 10.1 Å². The van der Waals surface area contributed by atoms with Crippen molar-refractivity contribution < 1.29 is 30.4 Å². The molecule has 0 saturated heterocycles. The van der Waals surface area contributed by atoms with Gasteiger partial charge in [-0.2, -0.15) is 12.1 Å². The molecule has 0 atom stereocenters. The van der Waals surface area contributed by atoms with Crippen LogP contribution >= 0.6 is 0 Å². The Morgan fingerprint density at radius 1 is 1.64 bits per heavy atom. The summed E-state index contributed by atoms with van der Waals surface area (Å²) in [4.78, 5) is 9.18. The van der Waals surface area contributed by atoms with Crippen molar-refractivity contribution in [3.8, 4) is 0 Å². The Hall–Kier alpha value is -0.762. The van der Waals surface area contributed by atoms with Gasteiger partial charge in [-0.15, -0.1) is 6.07 Å². The van der Waals surface area contributed by atoms with Crippen LogP contribution in [0.2, 0.25) is 0 Å². The van der Waals surface area contributed by atoms with Gasteiger partial charge in [0.1, 0.15) is 0 Å². The molecule has 0 saturated carbocycles. The molecule has 3 nitrogen and oxygen atoms in total. The van der Waals surface area contributed by atoms with Crippen LogP contribution in [0.1, 0.15) is 0 Å². The minimum Gasteiger partial charge on any atom is -0.270 e. The molecule has 0 aliphatic carbocycles. The molecule has 0 amide bonds. The molecule has 5 heteroatoms. The van der Waals surface area contributed by atoms with Crippen LogP contribution in [0.25, 0.3) is 0 Å². The molecule has 1 rings (SSSR count). The molecule has 1 aromatic carbocycles. The van der Waals surface area contributed by atoms with Crippen LogP contribution in [0.3, 0.4) is 0 Å². The Bertz CT molecular complexity index is 267. The first-order valence-corrected chi connectivity index (χ1v) is 2.52. The SMILES string of the molecule is O=[N+]([O-])c1c[c-]ccc1F.[W]. The third kappa shape index (κ3) is 2.39. The van der Waals surface area contributed by atoms with Gasteiger partial charge in [-0.05, 0) is 0 Å². The summed E-state index contributed by atoms with van der Waals surface area (Å²) < 4.78 is 12.4. The zero-order valence-corrected chi connectivity index (χ0v) is 8.22. The number of halogens is 1. The summed E-state index contributed by atoms with van der Waals surface area (Å²) in [5.74, 6) is -0.830. The zero-order chi connectivity index (χ0) is 7.56. The molecule has 0 aromatic heterocycles. The van der Waals surface area contributed by atoms with Gasteiger partial charge in [0.2, 0.25) is 0 Å². The topological polar surface area (TPSA) is 43.1 Å². The van der Waals surface area contributed by atoms with E-state index in [0.717, 1.165) is 12.1 Å². The van der Waals surface area contributed by atoms with Crippen LogP contribution in [0.4, 0.5) is 10.1 Å². The second-order valence-corrected chi connectivity index (χ2v) is 1.63. The van der Waals surface area contributed by atoms with E-state index in [2.05, 4.69) is 6.07 Å². The predicted molar refractivity (Wildman–Crippen MR) is 31.9 cm³/mol. The van der Waals surface area contributed by atoms with Gasteiger partial charge in [-0.1, -0.05) is 6.07 Å². The van der Waals surface area contributed by atoms with E-state index >= 15 is 0 Å². The van der Waals surface area contributed by atoms with E-state index in [-0.39, 0.29) is 21.1 Å². The molecule has 11 heavy (non-hydrogen) atoms. The van der Waals surface area contributed by atoms with Crippen LogP contribution in [-0.4, -0.2) is 4.92 Å². The fraction of sp³-hybridized carbons (Fsp3) is 0. The number of nitrogens with zero attached hydrogens (tertiary/aromatic N) is 1. The van der Waals surface area contributed by atoms with Gasteiger partial charge in [0, 0.05) is 26.0 Å². The summed E-state index contributed by atoms with van der Waals surface area (Å²) >= 11 is 0. The maximum absolute atomic E-state index is 12.4. The second kappa shape index (κ2) is 4.19. The molecule has 0 unspecified atom stereocenters. The van der Waals surface area contributed by atoms with E-state index < -0.39 is 16.4 Å². The number of rotatable bonds is 1. The van der Waals surface area contributed by atoms with Gasteiger partial charge < -0.3 is 0 Å². The van der Waals surface area contributed by atoms with Gasteiger partial charge in [0.25, 0.3) is 0 Å². The third-order valence-electron chi connectivity index (χ3n) is 0.987. The predicted octanol–water partition coefficient (Wildman–Crippen LogP) is 1.53. The van der Waals surface area contributed by atoms with Crippen LogP contribution in [0, 0.1) is 22.0 Å². The number of benzene rings is 1. The quantitative estimate of drug-likeness (QED) is 0.447. The minimum atomic E-state index is -0.830. The smallest absolute Gasteiger partial charge is 0.197 e. The Labute approximate surface area is 76.6 Å². The van der Waals surface area contributed by atoms with Crippen molar-refractivity contribution in [2.45, 2.75) is 0 Å². The van der Waals surface area contributed by atoms with Crippen molar-refractivity contribution in [1.82, 2.24) is 0 Å². The summed E-state index contributed by atoms with van der Waals surface area (Å²) in [6.07, 6.45) is 0. The van der Waals surface area contributed by atoms with Crippen LogP contribution in [0.15, 0.2) is 18.2 Å². The van der Waals surface area contributed by atoms with E-state index in [1.807, 2.05) is 0 Å². The van der Waals surface area contributed by atoms with Crippen molar-refractivity contribution in [2.24, 2.45) is 0 Å². The Kier molecular flexibility index (Phi) is 3.90. The standard InChI is InChI=1S/C6H3FNO2.W/c7-5-3-1-2-4-6(5)8(9)10;/h1,3-4H;/q-1;. The molecular weight excluding hydrogens is 321 g/mol. The molecule has 0 fully saturated rings. The van der Waals surface area contributed by atoms with E-state index in [0.29, 0.717) is 0 Å². The number of nitro benzene ring substituents is 1. The van der Waals surface area contributed by atoms with Gasteiger partial charge in [-0.25, -0.2) is 4.39 Å². The minimum absolute atomic E-state index is 0. The largest absolute Gasteiger partial charge is 0.270 e. The molecule has 0 aliphatic rings. The molecule has 58 valence electrons. The van der Waals surface area contributed by atoms with Gasteiger partial charge in [0.15, 0.2) is 5.69 Å². The van der Waals surface area contributed by atoms with Crippen molar-refractivity contribution in [3.05, 3.63) is 40.2 Å². The molecule has 0 heterocycles. The average Bonchev–Trinajstić information content (AvgIpc) is 1.88. The molecule has 0 aliphatic heterocycles. The second-order valence-electron chi connectivity index (χ2n) is 1.63. The number of nitro groups is 1. The summed E-state index contributed by atoms with van der Waals surface area (Å²) in [5, 5.41) is 9.97. The number of hydrogen-bond donors (Lipinski definition) is 0. The molecular formula is C6H3FNO2W-. The normalized spacial score (nSPS) is 8.45. The van der Waals surface area contributed by atoms with Crippen LogP contribution < -0.4 is 0 Å². The maximum Gasteiger partial charge on any atom is 0.197 e. The summed E-state index contributed by atoms with van der Waals surface area (Å²) in [6, 6.07) is 5.68. The molecule has 0 radical (unpaired) electrons. The molecule has 1 aromatic rings. The van der Waals surface area contributed by atoms with E-state index in [1.165, 1.54) is 6.07 Å². The van der Waals surface area contributed by atoms with E-state index in [9.17, 15) is 14.5 Å². The first kappa shape index (κ1) is 10.2. The molecule has 0 N–H and O–H groups in total. The average molecular weight is 324 g/mol. The number of hydrogen-bond acceptors (Lipinski definition) is 2.